The zero-order valence-electron chi connectivity index (χ0n) is 14.9. The van der Waals surface area contributed by atoms with E-state index in [-0.39, 0.29) is 30.3 Å². The van der Waals surface area contributed by atoms with Gasteiger partial charge in [-0.05, 0) is 25.0 Å². The minimum Gasteiger partial charge on any atom is -0.469 e. The fourth-order valence-electron chi connectivity index (χ4n) is 2.90. The van der Waals surface area contributed by atoms with Crippen LogP contribution in [-0.4, -0.2) is 54.5 Å². The molecular weight excluding hydrogens is 352 g/mol. The summed E-state index contributed by atoms with van der Waals surface area (Å²) in [6, 6.07) is 7.25. The van der Waals surface area contributed by atoms with Crippen LogP contribution < -0.4 is 0 Å². The van der Waals surface area contributed by atoms with Crippen LogP contribution in [0.1, 0.15) is 18.7 Å². The van der Waals surface area contributed by atoms with Crippen molar-refractivity contribution in [2.24, 2.45) is 5.92 Å². The number of piperidine rings is 1. The molecule has 0 spiro atoms. The molecule has 1 amide bonds. The van der Waals surface area contributed by atoms with Gasteiger partial charge in [-0.25, -0.2) is 9.78 Å². The number of fused-ring (bicyclic) bond motifs is 1. The molecule has 27 heavy (non-hydrogen) atoms. The molecule has 8 nitrogen and oxygen atoms in total. The molecule has 0 radical (unpaired) electrons. The number of aromatic nitrogens is 1. The molecule has 3 rings (SSSR count). The number of oxazole rings is 1. The number of carbonyl (C=O) groups is 3. The number of amides is 1. The summed E-state index contributed by atoms with van der Waals surface area (Å²) < 4.78 is 15.1. The SMILES string of the molecule is COC(=O)C1CCN(C(=O)COC(=O)/C=C/c2nc3ccccc3o2)CC1. The third-order valence-corrected chi connectivity index (χ3v) is 4.39. The molecule has 0 saturated carbocycles. The molecule has 1 aromatic carbocycles. The highest BCUT2D eigenvalue weighted by Crippen LogP contribution is 2.18. The first kappa shape index (κ1) is 18.6. The summed E-state index contributed by atoms with van der Waals surface area (Å²) in [6.07, 6.45) is 3.66. The summed E-state index contributed by atoms with van der Waals surface area (Å²) in [5.41, 5.74) is 1.31. The average molecular weight is 372 g/mol. The highest BCUT2D eigenvalue weighted by molar-refractivity contribution is 5.89. The molecule has 0 unspecified atom stereocenters. The van der Waals surface area contributed by atoms with Gasteiger partial charge in [-0.1, -0.05) is 12.1 Å². The minimum atomic E-state index is -0.657. The van der Waals surface area contributed by atoms with Crippen molar-refractivity contribution < 1.29 is 28.3 Å². The highest BCUT2D eigenvalue weighted by Gasteiger charge is 2.28. The second-order valence-corrected chi connectivity index (χ2v) is 6.14. The van der Waals surface area contributed by atoms with E-state index >= 15 is 0 Å². The third-order valence-electron chi connectivity index (χ3n) is 4.39. The van der Waals surface area contributed by atoms with Crippen LogP contribution in [0, 0.1) is 5.92 Å². The van der Waals surface area contributed by atoms with Crippen LogP contribution in [0.15, 0.2) is 34.8 Å². The van der Waals surface area contributed by atoms with Crippen molar-refractivity contribution in [3.8, 4) is 0 Å². The number of nitrogens with zero attached hydrogens (tertiary/aromatic N) is 2. The number of hydrogen-bond acceptors (Lipinski definition) is 7. The van der Waals surface area contributed by atoms with E-state index in [2.05, 4.69) is 4.98 Å². The summed E-state index contributed by atoms with van der Waals surface area (Å²) in [6.45, 7) is 0.531. The minimum absolute atomic E-state index is 0.180. The number of likely N-dealkylation sites (tertiary alicyclic amines) is 1. The summed E-state index contributed by atoms with van der Waals surface area (Å²) >= 11 is 0. The van der Waals surface area contributed by atoms with Crippen LogP contribution in [0.5, 0.6) is 0 Å². The Labute approximate surface area is 155 Å². The van der Waals surface area contributed by atoms with Crippen molar-refractivity contribution in [1.29, 1.82) is 0 Å². The smallest absolute Gasteiger partial charge is 0.331 e. The zero-order valence-corrected chi connectivity index (χ0v) is 14.9. The van der Waals surface area contributed by atoms with Gasteiger partial charge in [0.1, 0.15) is 5.52 Å². The van der Waals surface area contributed by atoms with Crippen molar-refractivity contribution in [3.63, 3.8) is 0 Å². The van der Waals surface area contributed by atoms with Gasteiger partial charge in [0.05, 0.1) is 13.0 Å². The molecule has 0 aliphatic carbocycles. The fourth-order valence-corrected chi connectivity index (χ4v) is 2.90. The Kier molecular flexibility index (Phi) is 5.85. The standard InChI is InChI=1S/C19H20N2O6/c1-25-19(24)13-8-10-21(11-9-13)17(22)12-26-18(23)7-6-16-20-14-4-2-3-5-15(14)27-16/h2-7,13H,8-12H2,1H3/b7-6+. The van der Waals surface area contributed by atoms with Crippen LogP contribution in [-0.2, 0) is 23.9 Å². The summed E-state index contributed by atoms with van der Waals surface area (Å²) in [4.78, 5) is 41.2. The second kappa shape index (κ2) is 8.48. The van der Waals surface area contributed by atoms with Gasteiger partial charge in [-0.15, -0.1) is 0 Å². The maximum atomic E-state index is 12.1. The summed E-state index contributed by atoms with van der Waals surface area (Å²) in [5.74, 6) is -1.10. The molecule has 2 aromatic rings. The number of esters is 2. The van der Waals surface area contributed by atoms with E-state index in [0.29, 0.717) is 37.0 Å². The highest BCUT2D eigenvalue weighted by atomic mass is 16.5. The van der Waals surface area contributed by atoms with Crippen molar-refractivity contribution in [3.05, 3.63) is 36.2 Å². The maximum absolute atomic E-state index is 12.1. The maximum Gasteiger partial charge on any atom is 0.331 e. The molecule has 8 heteroatoms. The number of carbonyl (C=O) groups excluding carboxylic acids is 3. The van der Waals surface area contributed by atoms with Crippen molar-refractivity contribution in [2.75, 3.05) is 26.8 Å². The topological polar surface area (TPSA) is 98.9 Å². The third kappa shape index (κ3) is 4.72. The van der Waals surface area contributed by atoms with Gasteiger partial charge in [0.15, 0.2) is 12.2 Å². The van der Waals surface area contributed by atoms with E-state index in [1.165, 1.54) is 19.3 Å². The molecule has 1 aromatic heterocycles. The molecule has 1 aliphatic heterocycles. The lowest BCUT2D eigenvalue weighted by atomic mass is 9.97. The van der Waals surface area contributed by atoms with Gasteiger partial charge in [-0.3, -0.25) is 9.59 Å². The Morgan fingerprint density at radius 2 is 2.00 bits per heavy atom. The predicted molar refractivity (Wildman–Crippen MR) is 95.3 cm³/mol. The number of methoxy groups -OCH3 is 1. The number of para-hydroxylation sites is 2. The normalized spacial score (nSPS) is 15.2. The first-order valence-corrected chi connectivity index (χ1v) is 8.63. The second-order valence-electron chi connectivity index (χ2n) is 6.14. The zero-order chi connectivity index (χ0) is 19.2. The van der Waals surface area contributed by atoms with E-state index in [1.54, 1.807) is 17.0 Å². The lowest BCUT2D eigenvalue weighted by Gasteiger charge is -2.30. The monoisotopic (exact) mass is 372 g/mol. The first-order chi connectivity index (χ1) is 13.1. The van der Waals surface area contributed by atoms with E-state index in [0.717, 1.165) is 0 Å². The Morgan fingerprint density at radius 1 is 1.26 bits per heavy atom. The molecule has 2 heterocycles. The fraction of sp³-hybridized carbons (Fsp3) is 0.368. The largest absolute Gasteiger partial charge is 0.469 e. The summed E-state index contributed by atoms with van der Waals surface area (Å²) in [7, 11) is 1.35. The Bertz CT molecular complexity index is 831. The van der Waals surface area contributed by atoms with Crippen LogP contribution in [0.4, 0.5) is 0 Å². The molecular formula is C19H20N2O6. The summed E-state index contributed by atoms with van der Waals surface area (Å²) in [5, 5.41) is 0. The van der Waals surface area contributed by atoms with Crippen molar-refractivity contribution in [2.45, 2.75) is 12.8 Å². The van der Waals surface area contributed by atoms with Gasteiger partial charge in [0.2, 0.25) is 5.89 Å². The Balaban J connectivity index is 1.45. The van der Waals surface area contributed by atoms with Crippen LogP contribution in [0.25, 0.3) is 17.2 Å². The van der Waals surface area contributed by atoms with Gasteiger partial charge < -0.3 is 18.8 Å². The number of rotatable bonds is 5. The Morgan fingerprint density at radius 3 is 2.70 bits per heavy atom. The lowest BCUT2D eigenvalue weighted by molar-refractivity contribution is -0.151. The van der Waals surface area contributed by atoms with Crippen molar-refractivity contribution >= 4 is 35.0 Å². The molecule has 1 saturated heterocycles. The molecule has 0 bridgehead atoms. The van der Waals surface area contributed by atoms with Gasteiger partial charge in [0.25, 0.3) is 5.91 Å². The van der Waals surface area contributed by atoms with E-state index in [4.69, 9.17) is 13.9 Å². The molecule has 0 atom stereocenters. The lowest BCUT2D eigenvalue weighted by Crippen LogP contribution is -2.42. The van der Waals surface area contributed by atoms with Crippen molar-refractivity contribution in [1.82, 2.24) is 9.88 Å². The average Bonchev–Trinajstić information content (AvgIpc) is 3.13. The van der Waals surface area contributed by atoms with Gasteiger partial charge >= 0.3 is 11.9 Å². The number of benzene rings is 1. The van der Waals surface area contributed by atoms with Gasteiger partial charge in [0, 0.05) is 25.2 Å². The van der Waals surface area contributed by atoms with E-state index in [9.17, 15) is 14.4 Å². The van der Waals surface area contributed by atoms with E-state index < -0.39 is 5.97 Å². The number of ether oxygens (including phenoxy) is 2. The molecule has 142 valence electrons. The van der Waals surface area contributed by atoms with Crippen LogP contribution in [0.3, 0.4) is 0 Å². The molecule has 0 N–H and O–H groups in total. The quantitative estimate of drug-likeness (QED) is 0.583. The van der Waals surface area contributed by atoms with Gasteiger partial charge in [-0.2, -0.15) is 0 Å². The predicted octanol–water partition coefficient (Wildman–Crippen LogP) is 1.80. The molecule has 1 aliphatic rings. The Hall–Kier alpha value is -3.16. The van der Waals surface area contributed by atoms with Crippen LogP contribution in [0.2, 0.25) is 0 Å². The molecule has 1 fully saturated rings. The van der Waals surface area contributed by atoms with E-state index in [1.807, 2.05) is 12.1 Å². The number of hydrogen-bond donors (Lipinski definition) is 0. The first-order valence-electron chi connectivity index (χ1n) is 8.63. The van der Waals surface area contributed by atoms with Crippen LogP contribution >= 0.6 is 0 Å².